The molecule has 0 unspecified atom stereocenters. The molecule has 3 nitrogen and oxygen atoms in total. The van der Waals surface area contributed by atoms with E-state index in [0.717, 1.165) is 35.6 Å². The lowest BCUT2D eigenvalue weighted by Crippen LogP contribution is -2.33. The molecule has 1 aliphatic heterocycles. The van der Waals surface area contributed by atoms with Crippen molar-refractivity contribution in [3.05, 3.63) is 90.0 Å². The molecule has 1 fully saturated rings. The van der Waals surface area contributed by atoms with Crippen LogP contribution in [0.25, 0.3) is 11.1 Å². The van der Waals surface area contributed by atoms with E-state index in [1.807, 2.05) is 54.6 Å². The summed E-state index contributed by atoms with van der Waals surface area (Å²) in [5, 5.41) is 0. The van der Waals surface area contributed by atoms with Gasteiger partial charge in [-0.25, -0.2) is 0 Å². The zero-order valence-corrected chi connectivity index (χ0v) is 18.7. The van der Waals surface area contributed by atoms with Crippen molar-refractivity contribution >= 4 is 5.78 Å². The Kier molecular flexibility index (Phi) is 8.86. The van der Waals surface area contributed by atoms with Crippen molar-refractivity contribution in [3.63, 3.8) is 0 Å². The average molecular weight is 416 g/mol. The van der Waals surface area contributed by atoms with Crippen LogP contribution in [0.5, 0.6) is 5.75 Å². The number of likely N-dealkylation sites (tertiary alicyclic amines) is 1. The number of rotatable bonds is 6. The molecule has 0 amide bonds. The van der Waals surface area contributed by atoms with Crippen LogP contribution in [0.3, 0.4) is 0 Å². The van der Waals surface area contributed by atoms with Crippen LogP contribution >= 0.6 is 0 Å². The second kappa shape index (κ2) is 12.1. The lowest BCUT2D eigenvalue weighted by atomic mass is 10.0. The Balaban J connectivity index is 0.000000330. The molecule has 3 aromatic rings. The molecule has 3 aromatic carbocycles. The van der Waals surface area contributed by atoms with E-state index in [0.29, 0.717) is 0 Å². The molecule has 31 heavy (non-hydrogen) atoms. The Morgan fingerprint density at radius 3 is 1.90 bits per heavy atom. The fraction of sp³-hybridized carbons (Fsp3) is 0.321. The molecule has 0 bridgehead atoms. The maximum Gasteiger partial charge on any atom is 0.159 e. The molecule has 162 valence electrons. The van der Waals surface area contributed by atoms with Crippen LogP contribution in [-0.2, 0) is 0 Å². The Labute approximate surface area is 186 Å². The van der Waals surface area contributed by atoms with Gasteiger partial charge in [0, 0.05) is 12.1 Å². The van der Waals surface area contributed by atoms with Gasteiger partial charge in [-0.2, -0.15) is 0 Å². The first kappa shape index (κ1) is 22.8. The largest absolute Gasteiger partial charge is 0.492 e. The monoisotopic (exact) mass is 415 g/mol. The third-order valence-electron chi connectivity index (χ3n) is 5.54. The number of ether oxygens (including phenoxy) is 1. The topological polar surface area (TPSA) is 29.5 Å². The van der Waals surface area contributed by atoms with Crippen molar-refractivity contribution in [2.45, 2.75) is 33.1 Å². The minimum absolute atomic E-state index is 0.0963. The van der Waals surface area contributed by atoms with E-state index in [1.54, 1.807) is 6.92 Å². The van der Waals surface area contributed by atoms with Crippen LogP contribution in [-0.4, -0.2) is 36.9 Å². The second-order valence-corrected chi connectivity index (χ2v) is 8.06. The first-order chi connectivity index (χ1) is 15.1. The van der Waals surface area contributed by atoms with Crippen molar-refractivity contribution in [3.8, 4) is 16.9 Å². The number of ketones is 1. The quantitative estimate of drug-likeness (QED) is 0.435. The van der Waals surface area contributed by atoms with Crippen molar-refractivity contribution in [2.75, 3.05) is 26.2 Å². The number of hydrogen-bond donors (Lipinski definition) is 0. The van der Waals surface area contributed by atoms with Gasteiger partial charge in [-0.05, 0) is 63.0 Å². The van der Waals surface area contributed by atoms with Gasteiger partial charge in [0.05, 0.1) is 0 Å². The highest BCUT2D eigenvalue weighted by Crippen LogP contribution is 2.23. The van der Waals surface area contributed by atoms with Gasteiger partial charge < -0.3 is 4.74 Å². The highest BCUT2D eigenvalue weighted by molar-refractivity contribution is 5.94. The van der Waals surface area contributed by atoms with Gasteiger partial charge in [0.15, 0.2) is 5.78 Å². The summed E-state index contributed by atoms with van der Waals surface area (Å²) in [6.45, 7) is 7.84. The van der Waals surface area contributed by atoms with E-state index in [2.05, 4.69) is 36.1 Å². The number of aryl methyl sites for hydroxylation is 1. The Morgan fingerprint density at radius 2 is 1.39 bits per heavy atom. The van der Waals surface area contributed by atoms with Crippen LogP contribution < -0.4 is 4.74 Å². The summed E-state index contributed by atoms with van der Waals surface area (Å²) in [6, 6.07) is 26.2. The maximum absolute atomic E-state index is 11.3. The second-order valence-electron chi connectivity index (χ2n) is 8.06. The molecule has 0 saturated carbocycles. The van der Waals surface area contributed by atoms with Crippen LogP contribution in [0.2, 0.25) is 0 Å². The van der Waals surface area contributed by atoms with E-state index in [9.17, 15) is 4.79 Å². The van der Waals surface area contributed by atoms with E-state index in [-0.39, 0.29) is 5.78 Å². The number of piperidine rings is 1. The summed E-state index contributed by atoms with van der Waals surface area (Å²) in [5.74, 6) is 1.01. The average Bonchev–Trinajstić information content (AvgIpc) is 2.81. The first-order valence-corrected chi connectivity index (χ1v) is 11.2. The minimum Gasteiger partial charge on any atom is -0.492 e. The van der Waals surface area contributed by atoms with Gasteiger partial charge >= 0.3 is 0 Å². The van der Waals surface area contributed by atoms with Gasteiger partial charge in [-0.1, -0.05) is 78.7 Å². The minimum atomic E-state index is 0.0963. The number of carbonyl (C=O) groups is 1. The fourth-order valence-electron chi connectivity index (χ4n) is 3.65. The van der Waals surface area contributed by atoms with E-state index < -0.39 is 0 Å². The zero-order valence-electron chi connectivity index (χ0n) is 18.7. The maximum atomic E-state index is 11.3. The molecule has 4 rings (SSSR count). The Hall–Kier alpha value is -2.91. The van der Waals surface area contributed by atoms with Crippen LogP contribution in [0.15, 0.2) is 78.9 Å². The summed E-state index contributed by atoms with van der Waals surface area (Å²) in [7, 11) is 0. The van der Waals surface area contributed by atoms with Gasteiger partial charge in [0.1, 0.15) is 12.4 Å². The molecule has 0 radical (unpaired) electrons. The summed E-state index contributed by atoms with van der Waals surface area (Å²) in [6.07, 6.45) is 4.00. The fourth-order valence-corrected chi connectivity index (χ4v) is 3.65. The summed E-state index contributed by atoms with van der Waals surface area (Å²) in [4.78, 5) is 13.8. The first-order valence-electron chi connectivity index (χ1n) is 11.2. The standard InChI is InChI=1S/C21H25NO2.C7H8/c1-17(23)18-5-7-19(8-6-18)20-9-11-21(12-10-20)24-16-15-22-13-3-2-4-14-22;1-7-5-3-2-4-6-7/h5-12H,2-4,13-16H2,1H3;2-6H,1H3. The molecule has 0 aromatic heterocycles. The van der Waals surface area contributed by atoms with E-state index in [4.69, 9.17) is 4.74 Å². The SMILES string of the molecule is CC(=O)c1ccc(-c2ccc(OCCN3CCCCC3)cc2)cc1.Cc1ccccc1. The van der Waals surface area contributed by atoms with Gasteiger partial charge in [0.2, 0.25) is 0 Å². The molecule has 0 atom stereocenters. The highest BCUT2D eigenvalue weighted by atomic mass is 16.5. The number of carbonyl (C=O) groups excluding carboxylic acids is 1. The van der Waals surface area contributed by atoms with Gasteiger partial charge in [-0.3, -0.25) is 9.69 Å². The molecule has 1 aliphatic rings. The zero-order chi connectivity index (χ0) is 21.9. The molecule has 1 heterocycles. The highest BCUT2D eigenvalue weighted by Gasteiger charge is 2.09. The van der Waals surface area contributed by atoms with E-state index in [1.165, 1.54) is 37.9 Å². The number of Topliss-reactive ketones (excluding diaryl/α,β-unsaturated/α-hetero) is 1. The number of benzene rings is 3. The molecule has 3 heteroatoms. The molecule has 0 aliphatic carbocycles. The molecule has 0 N–H and O–H groups in total. The summed E-state index contributed by atoms with van der Waals surface area (Å²) in [5.41, 5.74) is 4.31. The third kappa shape index (κ3) is 7.69. The van der Waals surface area contributed by atoms with Crippen LogP contribution in [0, 0.1) is 6.92 Å². The Bertz CT molecular complexity index is 911. The predicted molar refractivity (Wildman–Crippen MR) is 129 cm³/mol. The lowest BCUT2D eigenvalue weighted by Gasteiger charge is -2.26. The van der Waals surface area contributed by atoms with Crippen molar-refractivity contribution in [2.24, 2.45) is 0 Å². The summed E-state index contributed by atoms with van der Waals surface area (Å²) < 4.78 is 5.86. The predicted octanol–water partition coefficient (Wildman–Crippen LogP) is 6.42. The molecule has 0 spiro atoms. The smallest absolute Gasteiger partial charge is 0.159 e. The lowest BCUT2D eigenvalue weighted by molar-refractivity contribution is 0.101. The third-order valence-corrected chi connectivity index (χ3v) is 5.54. The van der Waals surface area contributed by atoms with Crippen molar-refractivity contribution < 1.29 is 9.53 Å². The van der Waals surface area contributed by atoms with Crippen molar-refractivity contribution in [1.82, 2.24) is 4.90 Å². The molecular weight excluding hydrogens is 382 g/mol. The number of hydrogen-bond acceptors (Lipinski definition) is 3. The van der Waals surface area contributed by atoms with Crippen LogP contribution in [0.1, 0.15) is 42.1 Å². The van der Waals surface area contributed by atoms with Crippen molar-refractivity contribution in [1.29, 1.82) is 0 Å². The molecule has 1 saturated heterocycles. The molecular formula is C28H33NO2. The van der Waals surface area contributed by atoms with Gasteiger partial charge in [-0.15, -0.1) is 0 Å². The number of nitrogens with zero attached hydrogens (tertiary/aromatic N) is 1. The van der Waals surface area contributed by atoms with E-state index >= 15 is 0 Å². The summed E-state index contributed by atoms with van der Waals surface area (Å²) >= 11 is 0. The Morgan fingerprint density at radius 1 is 0.806 bits per heavy atom. The van der Waals surface area contributed by atoms with Crippen LogP contribution in [0.4, 0.5) is 0 Å². The normalized spacial score (nSPS) is 13.7. The van der Waals surface area contributed by atoms with Gasteiger partial charge in [0.25, 0.3) is 0 Å².